The number of esters is 1. The normalized spacial score (nSPS) is 28.6. The Morgan fingerprint density at radius 2 is 2.00 bits per heavy atom. The Labute approximate surface area is 120 Å². The van der Waals surface area contributed by atoms with Crippen molar-refractivity contribution >= 4 is 5.97 Å². The molecule has 3 heteroatoms. The molecule has 0 saturated carbocycles. The first kappa shape index (κ1) is 13.2. The van der Waals surface area contributed by atoms with Gasteiger partial charge in [0, 0.05) is 31.0 Å². The van der Waals surface area contributed by atoms with Crippen molar-refractivity contribution in [3.05, 3.63) is 48.2 Å². The largest absolute Gasteiger partial charge is 0.447 e. The Bertz CT molecular complexity index is 517. The van der Waals surface area contributed by atoms with E-state index in [9.17, 15) is 4.79 Å². The molecule has 106 valence electrons. The van der Waals surface area contributed by atoms with Crippen LogP contribution in [0.15, 0.2) is 42.6 Å². The molecule has 3 aliphatic heterocycles. The minimum absolute atomic E-state index is 0.149. The van der Waals surface area contributed by atoms with Gasteiger partial charge in [0.1, 0.15) is 0 Å². The van der Waals surface area contributed by atoms with E-state index in [1.807, 2.05) is 25.1 Å². The SMILES string of the molecule is C=C1N2CCC(CC2)[C@]1(OC(=O)CC)c1ccccc1. The van der Waals surface area contributed by atoms with Crippen LogP contribution in [0.5, 0.6) is 0 Å². The number of benzene rings is 1. The summed E-state index contributed by atoms with van der Waals surface area (Å²) in [6, 6.07) is 10.1. The summed E-state index contributed by atoms with van der Waals surface area (Å²) in [5, 5.41) is 0. The van der Waals surface area contributed by atoms with Gasteiger partial charge in [-0.15, -0.1) is 0 Å². The van der Waals surface area contributed by atoms with Crippen molar-refractivity contribution in [2.75, 3.05) is 13.1 Å². The van der Waals surface area contributed by atoms with Crippen LogP contribution < -0.4 is 0 Å². The molecule has 0 N–H and O–H groups in total. The van der Waals surface area contributed by atoms with Crippen molar-refractivity contribution < 1.29 is 9.53 Å². The van der Waals surface area contributed by atoms with E-state index in [1.165, 1.54) is 0 Å². The van der Waals surface area contributed by atoms with E-state index in [-0.39, 0.29) is 5.97 Å². The van der Waals surface area contributed by atoms with Crippen molar-refractivity contribution in [2.24, 2.45) is 5.92 Å². The molecule has 3 fully saturated rings. The Kier molecular flexibility index (Phi) is 3.28. The van der Waals surface area contributed by atoms with Gasteiger partial charge in [0.05, 0.1) is 5.70 Å². The van der Waals surface area contributed by atoms with E-state index >= 15 is 0 Å². The first-order valence-electron chi connectivity index (χ1n) is 7.40. The molecule has 3 heterocycles. The Morgan fingerprint density at radius 3 is 2.55 bits per heavy atom. The summed E-state index contributed by atoms with van der Waals surface area (Å²) in [7, 11) is 0. The van der Waals surface area contributed by atoms with Crippen LogP contribution in [0.25, 0.3) is 0 Å². The van der Waals surface area contributed by atoms with Crippen LogP contribution in [-0.2, 0) is 15.1 Å². The lowest BCUT2D eigenvalue weighted by atomic mass is 9.69. The van der Waals surface area contributed by atoms with Gasteiger partial charge in [-0.25, -0.2) is 0 Å². The van der Waals surface area contributed by atoms with Crippen molar-refractivity contribution in [2.45, 2.75) is 31.8 Å². The predicted octanol–water partition coefficient (Wildman–Crippen LogP) is 3.07. The van der Waals surface area contributed by atoms with Gasteiger partial charge in [-0.2, -0.15) is 0 Å². The highest BCUT2D eigenvalue weighted by Crippen LogP contribution is 2.51. The van der Waals surface area contributed by atoms with Crippen molar-refractivity contribution in [3.63, 3.8) is 0 Å². The molecule has 0 amide bonds. The number of carbonyl (C=O) groups is 1. The Morgan fingerprint density at radius 1 is 1.35 bits per heavy atom. The van der Waals surface area contributed by atoms with E-state index in [4.69, 9.17) is 4.74 Å². The van der Waals surface area contributed by atoms with Gasteiger partial charge in [-0.3, -0.25) is 4.79 Å². The third kappa shape index (κ3) is 1.84. The smallest absolute Gasteiger partial charge is 0.306 e. The lowest BCUT2D eigenvalue weighted by Gasteiger charge is -2.54. The Balaban J connectivity index is 2.08. The molecule has 1 aromatic rings. The van der Waals surface area contributed by atoms with Gasteiger partial charge in [-0.05, 0) is 12.8 Å². The molecule has 2 bridgehead atoms. The molecule has 3 nitrogen and oxygen atoms in total. The third-order valence-corrected chi connectivity index (χ3v) is 4.65. The maximum absolute atomic E-state index is 12.0. The number of fused-ring (bicyclic) bond motifs is 3. The zero-order chi connectivity index (χ0) is 14.2. The number of ether oxygens (including phenoxy) is 1. The summed E-state index contributed by atoms with van der Waals surface area (Å²) in [5.74, 6) is 0.196. The van der Waals surface area contributed by atoms with Crippen LogP contribution in [0, 0.1) is 5.92 Å². The Hall–Kier alpha value is -1.77. The first-order valence-corrected chi connectivity index (χ1v) is 7.40. The minimum atomic E-state index is -0.648. The van der Waals surface area contributed by atoms with Crippen LogP contribution in [-0.4, -0.2) is 24.0 Å². The number of rotatable bonds is 3. The van der Waals surface area contributed by atoms with Gasteiger partial charge in [-0.1, -0.05) is 43.8 Å². The van der Waals surface area contributed by atoms with E-state index in [0.717, 1.165) is 37.2 Å². The maximum Gasteiger partial charge on any atom is 0.306 e. The van der Waals surface area contributed by atoms with Gasteiger partial charge in [0.2, 0.25) is 0 Å². The van der Waals surface area contributed by atoms with Crippen molar-refractivity contribution in [3.8, 4) is 0 Å². The number of hydrogen-bond donors (Lipinski definition) is 0. The van der Waals surface area contributed by atoms with Gasteiger partial charge in [0.15, 0.2) is 5.60 Å². The second kappa shape index (κ2) is 4.97. The predicted molar refractivity (Wildman–Crippen MR) is 77.9 cm³/mol. The number of hydrogen-bond acceptors (Lipinski definition) is 3. The van der Waals surface area contributed by atoms with E-state index in [0.29, 0.717) is 12.3 Å². The second-order valence-electron chi connectivity index (χ2n) is 5.64. The molecule has 3 aliphatic rings. The van der Waals surface area contributed by atoms with Crippen LogP contribution in [0.3, 0.4) is 0 Å². The van der Waals surface area contributed by atoms with Crippen LogP contribution >= 0.6 is 0 Å². The summed E-state index contributed by atoms with van der Waals surface area (Å²) in [4.78, 5) is 14.3. The fourth-order valence-electron chi connectivity index (χ4n) is 3.57. The third-order valence-electron chi connectivity index (χ3n) is 4.65. The molecule has 0 aliphatic carbocycles. The molecule has 20 heavy (non-hydrogen) atoms. The van der Waals surface area contributed by atoms with E-state index in [1.54, 1.807) is 0 Å². The second-order valence-corrected chi connectivity index (χ2v) is 5.64. The van der Waals surface area contributed by atoms with Crippen molar-refractivity contribution in [1.82, 2.24) is 4.90 Å². The molecular weight excluding hydrogens is 250 g/mol. The average Bonchev–Trinajstić information content (AvgIpc) is 2.52. The summed E-state index contributed by atoms with van der Waals surface area (Å²) in [6.45, 7) is 8.16. The van der Waals surface area contributed by atoms with E-state index < -0.39 is 5.60 Å². The zero-order valence-electron chi connectivity index (χ0n) is 12.0. The minimum Gasteiger partial charge on any atom is -0.447 e. The summed E-state index contributed by atoms with van der Waals surface area (Å²) >= 11 is 0. The van der Waals surface area contributed by atoms with Gasteiger partial charge in [0.25, 0.3) is 0 Å². The molecule has 0 aromatic heterocycles. The first-order chi connectivity index (χ1) is 9.68. The number of piperidine rings is 3. The maximum atomic E-state index is 12.0. The summed E-state index contributed by atoms with van der Waals surface area (Å²) in [5.41, 5.74) is 1.36. The monoisotopic (exact) mass is 271 g/mol. The quantitative estimate of drug-likeness (QED) is 0.791. The topological polar surface area (TPSA) is 29.5 Å². The lowest BCUT2D eigenvalue weighted by molar-refractivity contribution is -0.174. The molecule has 1 aromatic carbocycles. The molecule has 3 saturated heterocycles. The van der Waals surface area contributed by atoms with Crippen LogP contribution in [0.4, 0.5) is 0 Å². The molecule has 0 unspecified atom stereocenters. The highest BCUT2D eigenvalue weighted by molar-refractivity contribution is 5.70. The highest BCUT2D eigenvalue weighted by Gasteiger charge is 2.53. The molecular formula is C17H21NO2. The molecule has 4 rings (SSSR count). The molecule has 0 radical (unpaired) electrons. The standard InChI is InChI=1S/C17H21NO2/c1-3-16(19)20-17(14-7-5-4-6-8-14)13(2)18-11-9-15(17)10-12-18/h4-8,15H,2-3,9-12H2,1H3/t17-/m1/s1. The summed E-state index contributed by atoms with van der Waals surface area (Å²) < 4.78 is 5.98. The van der Waals surface area contributed by atoms with Crippen LogP contribution in [0.1, 0.15) is 31.7 Å². The number of carbonyl (C=O) groups excluding carboxylic acids is 1. The fraction of sp³-hybridized carbons (Fsp3) is 0.471. The van der Waals surface area contributed by atoms with Gasteiger partial charge < -0.3 is 9.64 Å². The fourth-order valence-corrected chi connectivity index (χ4v) is 3.57. The highest BCUT2D eigenvalue weighted by atomic mass is 16.6. The number of nitrogens with zero attached hydrogens (tertiary/aromatic N) is 1. The van der Waals surface area contributed by atoms with E-state index in [2.05, 4.69) is 23.6 Å². The molecule has 1 atom stereocenters. The zero-order valence-corrected chi connectivity index (χ0v) is 12.0. The van der Waals surface area contributed by atoms with Crippen molar-refractivity contribution in [1.29, 1.82) is 0 Å². The molecule has 0 spiro atoms. The lowest BCUT2D eigenvalue weighted by Crippen LogP contribution is -2.56. The van der Waals surface area contributed by atoms with Gasteiger partial charge >= 0.3 is 5.97 Å². The summed E-state index contributed by atoms with van der Waals surface area (Å²) in [6.07, 6.45) is 2.52. The van der Waals surface area contributed by atoms with Crippen LogP contribution in [0.2, 0.25) is 0 Å². The average molecular weight is 271 g/mol.